The van der Waals surface area contributed by atoms with Gasteiger partial charge in [-0.2, -0.15) is 0 Å². The Bertz CT molecular complexity index is 107. The van der Waals surface area contributed by atoms with E-state index in [0.29, 0.717) is 6.29 Å². The molecular weight excluding hydrogens is 134 g/mol. The van der Waals surface area contributed by atoms with Crippen LogP contribution in [-0.4, -0.2) is 17.4 Å². The molecule has 0 atom stereocenters. The molecule has 0 aliphatic carbocycles. The Hall–Kier alpha value is -1.63. The minimum atomic E-state index is -0.833. The molecule has 56 valence electrons. The predicted octanol–water partition coefficient (Wildman–Crippen LogP) is 0.559. The van der Waals surface area contributed by atoms with Gasteiger partial charge in [0.05, 0.1) is 0 Å². The van der Waals surface area contributed by atoms with E-state index in [0.717, 1.165) is 6.92 Å². The van der Waals surface area contributed by atoms with Gasteiger partial charge in [-0.1, -0.05) is 6.58 Å². The minimum Gasteiger partial charge on any atom is -0.512 e. The molecule has 1 N–H and O–H groups in total. The number of carboxylic acid groups (broad SMARTS) is 1. The van der Waals surface area contributed by atoms with Gasteiger partial charge in [0.2, 0.25) is 0 Å². The topological polar surface area (TPSA) is 78.2 Å². The number of hydrogen-bond acceptors (Lipinski definition) is 3. The van der Waals surface area contributed by atoms with Gasteiger partial charge in [0.1, 0.15) is 6.29 Å². The summed E-state index contributed by atoms with van der Waals surface area (Å²) in [4.78, 5) is 18.1. The fourth-order valence-corrected chi connectivity index (χ4v) is 0. The van der Waals surface area contributed by atoms with E-state index in [1.807, 2.05) is 0 Å². The Morgan fingerprint density at radius 3 is 1.80 bits per heavy atom. The average molecular weight is 142 g/mol. The summed E-state index contributed by atoms with van der Waals surface area (Å²) < 4.78 is 0. The molecule has 4 nitrogen and oxygen atoms in total. The van der Waals surface area contributed by atoms with Crippen molar-refractivity contribution < 1.29 is 14.7 Å². The molecule has 0 amide bonds. The van der Waals surface area contributed by atoms with Crippen molar-refractivity contribution in [1.29, 1.82) is 5.26 Å². The van der Waals surface area contributed by atoms with Gasteiger partial charge in [0.15, 0.2) is 0 Å². The number of allylic oxidation sites excluding steroid dienone is 1. The van der Waals surface area contributed by atoms with Crippen molar-refractivity contribution in [3.8, 4) is 0 Å². The summed E-state index contributed by atoms with van der Waals surface area (Å²) in [5.41, 5.74) is 0. The first-order valence-corrected chi connectivity index (χ1v) is 2.13. The third-order valence-corrected chi connectivity index (χ3v) is 0.0962. The summed E-state index contributed by atoms with van der Waals surface area (Å²) in [6.07, 6.45) is 1.83. The summed E-state index contributed by atoms with van der Waals surface area (Å²) in [5.74, 6) is -0.833. The van der Waals surface area contributed by atoms with Crippen LogP contribution in [0.5, 0.6) is 0 Å². The predicted molar refractivity (Wildman–Crippen MR) is 34.5 cm³/mol. The molecule has 0 radical (unpaired) electrons. The van der Waals surface area contributed by atoms with Gasteiger partial charge in [0, 0.05) is 6.92 Å². The summed E-state index contributed by atoms with van der Waals surface area (Å²) in [6, 6.07) is 0. The van der Waals surface area contributed by atoms with E-state index in [1.54, 1.807) is 0 Å². The van der Waals surface area contributed by atoms with E-state index in [4.69, 9.17) is 26.5 Å². The summed E-state index contributed by atoms with van der Waals surface area (Å²) in [6.45, 7) is 8.94. The van der Waals surface area contributed by atoms with Crippen molar-refractivity contribution >= 4 is 12.3 Å². The van der Waals surface area contributed by atoms with Crippen LogP contribution in [0.25, 0.3) is 0 Å². The number of hydrogen-bond donors (Lipinski definition) is 1. The second-order valence-electron chi connectivity index (χ2n) is 0.891. The van der Waals surface area contributed by atoms with Crippen LogP contribution in [0.2, 0.25) is 0 Å². The van der Waals surface area contributed by atoms with E-state index < -0.39 is 5.97 Å². The lowest BCUT2D eigenvalue weighted by atomic mass is 10.8. The van der Waals surface area contributed by atoms with Gasteiger partial charge in [0.25, 0.3) is 5.97 Å². The summed E-state index contributed by atoms with van der Waals surface area (Å²) in [5, 5.41) is 13.7. The third kappa shape index (κ3) is 463. The zero-order valence-electron chi connectivity index (χ0n) is 5.57. The van der Waals surface area contributed by atoms with Crippen LogP contribution in [0, 0.1) is 11.8 Å². The van der Waals surface area contributed by atoms with Gasteiger partial charge in [-0.25, -0.2) is 0 Å². The Kier molecular flexibility index (Phi) is 41.5. The lowest BCUT2D eigenvalue weighted by molar-refractivity contribution is -0.134. The van der Waals surface area contributed by atoms with E-state index in [9.17, 15) is 0 Å². The molecule has 0 aromatic rings. The number of carbonyl (C=O) groups is 2. The first-order valence-electron chi connectivity index (χ1n) is 2.13. The first-order chi connectivity index (χ1) is 4.65. The van der Waals surface area contributed by atoms with Crippen LogP contribution in [0.3, 0.4) is 0 Å². The number of aldehydes is 1. The number of rotatable bonds is 1. The normalized spacial score (nSPS) is 4.70. The molecule has 0 aromatic heterocycles. The van der Waals surface area contributed by atoms with Crippen molar-refractivity contribution in [2.75, 3.05) is 0 Å². The largest absolute Gasteiger partial charge is 0.512 e. The zero-order valence-corrected chi connectivity index (χ0v) is 5.57. The highest BCUT2D eigenvalue weighted by Crippen LogP contribution is 1.42. The minimum absolute atomic E-state index is 0.639. The standard InChI is InChI=1S/C3H4O.C2H4O2.CN/c1-2-3-4;1-2(3)4;1-2/h2-3H,1H2;1H3,(H,3,4);/q;;-1. The number of nitrogens with zero attached hydrogens (tertiary/aromatic N) is 1. The van der Waals surface area contributed by atoms with E-state index in [-0.39, 0.29) is 0 Å². The maximum Gasteiger partial charge on any atom is 0.300 e. The van der Waals surface area contributed by atoms with Crippen LogP contribution in [0.1, 0.15) is 6.92 Å². The molecule has 0 saturated carbocycles. The maximum absolute atomic E-state index is 9.06. The van der Waals surface area contributed by atoms with Gasteiger partial charge < -0.3 is 16.9 Å². The molecular formula is C6H8NO3-. The van der Waals surface area contributed by atoms with E-state index in [1.165, 1.54) is 6.08 Å². The van der Waals surface area contributed by atoms with Crippen LogP contribution >= 0.6 is 0 Å². The quantitative estimate of drug-likeness (QED) is 0.329. The van der Waals surface area contributed by atoms with Crippen molar-refractivity contribution in [2.24, 2.45) is 0 Å². The lowest BCUT2D eigenvalue weighted by Gasteiger charge is -1.59. The molecule has 0 aromatic carbocycles. The highest BCUT2D eigenvalue weighted by molar-refractivity contribution is 5.63. The number of aliphatic carboxylic acids is 1. The zero-order chi connectivity index (χ0) is 8.99. The second-order valence-corrected chi connectivity index (χ2v) is 0.891. The lowest BCUT2D eigenvalue weighted by Crippen LogP contribution is -1.78. The molecule has 0 spiro atoms. The van der Waals surface area contributed by atoms with Crippen LogP contribution in [-0.2, 0) is 9.59 Å². The average Bonchev–Trinajstić information content (AvgIpc) is 1.91. The van der Waals surface area contributed by atoms with Gasteiger partial charge in [-0.15, -0.1) is 0 Å². The van der Waals surface area contributed by atoms with Gasteiger partial charge >= 0.3 is 0 Å². The van der Waals surface area contributed by atoms with Crippen molar-refractivity contribution in [1.82, 2.24) is 0 Å². The van der Waals surface area contributed by atoms with Gasteiger partial charge in [-0.05, 0) is 6.08 Å². The monoisotopic (exact) mass is 142 g/mol. The molecule has 0 saturated heterocycles. The third-order valence-electron chi connectivity index (χ3n) is 0.0962. The molecule has 4 heteroatoms. The van der Waals surface area contributed by atoms with Crippen molar-refractivity contribution in [3.05, 3.63) is 19.2 Å². The van der Waals surface area contributed by atoms with E-state index in [2.05, 4.69) is 6.58 Å². The molecule has 0 aliphatic heterocycles. The highest BCUT2D eigenvalue weighted by atomic mass is 16.4. The molecule has 10 heavy (non-hydrogen) atoms. The van der Waals surface area contributed by atoms with Gasteiger partial charge in [-0.3, -0.25) is 9.59 Å². The molecule has 0 bridgehead atoms. The van der Waals surface area contributed by atoms with Crippen LogP contribution in [0.15, 0.2) is 12.7 Å². The summed E-state index contributed by atoms with van der Waals surface area (Å²) >= 11 is 0. The Morgan fingerprint density at radius 2 is 1.80 bits per heavy atom. The molecule has 0 heterocycles. The molecule has 0 rings (SSSR count). The number of carboxylic acids is 1. The molecule has 0 unspecified atom stereocenters. The fourth-order valence-electron chi connectivity index (χ4n) is 0. The molecule has 0 fully saturated rings. The SMILES string of the molecule is C=CC=O.CC(=O)O.[C-]#N. The Balaban J connectivity index is -0.0000000787. The molecule has 0 aliphatic rings. The Morgan fingerprint density at radius 1 is 1.70 bits per heavy atom. The van der Waals surface area contributed by atoms with E-state index >= 15 is 0 Å². The number of carbonyl (C=O) groups excluding carboxylic acids is 1. The van der Waals surface area contributed by atoms with Crippen LogP contribution < -0.4 is 0 Å². The second kappa shape index (κ2) is 26.3. The fraction of sp³-hybridized carbons (Fsp3) is 0.167. The van der Waals surface area contributed by atoms with Crippen molar-refractivity contribution in [2.45, 2.75) is 6.92 Å². The highest BCUT2D eigenvalue weighted by Gasteiger charge is 1.65. The van der Waals surface area contributed by atoms with Crippen molar-refractivity contribution in [3.63, 3.8) is 0 Å². The Labute approximate surface area is 59.4 Å². The first kappa shape index (κ1) is 15.8. The smallest absolute Gasteiger partial charge is 0.300 e. The maximum atomic E-state index is 9.06. The van der Waals surface area contributed by atoms with Crippen LogP contribution in [0.4, 0.5) is 0 Å². The summed E-state index contributed by atoms with van der Waals surface area (Å²) in [7, 11) is 0.